The highest BCUT2D eigenvalue weighted by atomic mass is 35.5. The Morgan fingerprint density at radius 1 is 0.860 bits per heavy atom. The number of rotatable bonds is 14. The minimum absolute atomic E-state index is 0.0859. The van der Waals surface area contributed by atoms with Crippen LogP contribution < -0.4 is 23.8 Å². The number of hydrogen-bond acceptors (Lipinski definition) is 9. The van der Waals surface area contributed by atoms with Crippen LogP contribution in [-0.2, 0) is 29.0 Å². The second kappa shape index (κ2) is 18.2. The van der Waals surface area contributed by atoms with E-state index in [2.05, 4.69) is 4.90 Å². The van der Waals surface area contributed by atoms with Crippen LogP contribution in [0.5, 0.6) is 17.2 Å². The summed E-state index contributed by atoms with van der Waals surface area (Å²) in [6.07, 6.45) is 3.30. The van der Waals surface area contributed by atoms with Crippen molar-refractivity contribution in [2.75, 3.05) is 38.8 Å². The number of esters is 1. The number of hydrogen-bond donors (Lipinski definition) is 0. The molecule has 5 aromatic rings. The summed E-state index contributed by atoms with van der Waals surface area (Å²) < 4.78 is 29.7. The SMILES string of the molecule is COc1ccc(C(Cc2c(Cl)c[n+]([O-])cc2Cl)OC(=O)c2cccc(COc3ccc(CN(C(=O)O[C@H]4CN5CCC4CC5)c4ccccc4)cc3)c2)cc1OC. The highest BCUT2D eigenvalue weighted by molar-refractivity contribution is 6.35. The van der Waals surface area contributed by atoms with Gasteiger partial charge in [0.1, 0.15) is 34.6 Å². The molecule has 8 rings (SSSR count). The van der Waals surface area contributed by atoms with Gasteiger partial charge in [-0.1, -0.05) is 71.7 Å². The third kappa shape index (κ3) is 9.73. The van der Waals surface area contributed by atoms with E-state index in [4.69, 9.17) is 46.9 Å². The molecule has 57 heavy (non-hydrogen) atoms. The molecule has 0 aliphatic carbocycles. The van der Waals surface area contributed by atoms with E-state index in [0.29, 0.717) is 51.1 Å². The van der Waals surface area contributed by atoms with Gasteiger partial charge in [-0.15, -0.1) is 0 Å². The van der Waals surface area contributed by atoms with Gasteiger partial charge in [-0.2, -0.15) is 4.73 Å². The van der Waals surface area contributed by atoms with E-state index in [-0.39, 0.29) is 35.3 Å². The third-order valence-electron chi connectivity index (χ3n) is 10.4. The van der Waals surface area contributed by atoms with Gasteiger partial charge in [0.25, 0.3) is 0 Å². The number of carbonyl (C=O) groups is 2. The number of carbonyl (C=O) groups excluding carboxylic acids is 2. The van der Waals surface area contributed by atoms with Gasteiger partial charge < -0.3 is 28.9 Å². The first-order chi connectivity index (χ1) is 27.7. The van der Waals surface area contributed by atoms with E-state index >= 15 is 0 Å². The van der Waals surface area contributed by atoms with E-state index in [1.807, 2.05) is 60.7 Å². The first kappa shape index (κ1) is 39.7. The lowest BCUT2D eigenvalue weighted by molar-refractivity contribution is -0.605. The van der Waals surface area contributed by atoms with Crippen LogP contribution in [0.2, 0.25) is 10.0 Å². The van der Waals surface area contributed by atoms with Crippen molar-refractivity contribution in [1.29, 1.82) is 0 Å². The molecule has 3 fully saturated rings. The third-order valence-corrected chi connectivity index (χ3v) is 11.1. The fourth-order valence-corrected chi connectivity index (χ4v) is 7.92. The van der Waals surface area contributed by atoms with Gasteiger partial charge in [-0.25, -0.2) is 9.59 Å². The Bertz CT molecular complexity index is 2160. The minimum atomic E-state index is -0.853. The summed E-state index contributed by atoms with van der Waals surface area (Å²) in [7, 11) is 3.04. The maximum Gasteiger partial charge on any atom is 0.414 e. The van der Waals surface area contributed by atoms with Crippen molar-refractivity contribution >= 4 is 41.0 Å². The highest BCUT2D eigenvalue weighted by Gasteiger charge is 2.37. The number of aromatic nitrogens is 1. The van der Waals surface area contributed by atoms with Gasteiger partial charge in [-0.05, 0) is 97.1 Å². The van der Waals surface area contributed by atoms with E-state index in [9.17, 15) is 14.8 Å². The van der Waals surface area contributed by atoms with Crippen molar-refractivity contribution in [3.05, 3.63) is 153 Å². The Balaban J connectivity index is 1.01. The molecule has 1 aromatic heterocycles. The summed E-state index contributed by atoms with van der Waals surface area (Å²) in [5.41, 5.74) is 3.79. The number of ether oxygens (including phenoxy) is 5. The van der Waals surface area contributed by atoms with Crippen molar-refractivity contribution < 1.29 is 38.0 Å². The summed E-state index contributed by atoms with van der Waals surface area (Å²) in [6.45, 7) is 3.45. The average molecular weight is 813 g/mol. The van der Waals surface area contributed by atoms with Crippen molar-refractivity contribution in [2.45, 2.75) is 44.6 Å². The molecule has 0 spiro atoms. The van der Waals surface area contributed by atoms with E-state index < -0.39 is 12.1 Å². The number of pyridine rings is 1. The van der Waals surface area contributed by atoms with Gasteiger partial charge in [0.05, 0.1) is 26.3 Å². The lowest BCUT2D eigenvalue weighted by atomic mass is 9.86. The number of amides is 1. The zero-order chi connectivity index (χ0) is 39.9. The van der Waals surface area contributed by atoms with Crippen LogP contribution in [0, 0.1) is 11.1 Å². The maximum atomic E-state index is 13.7. The van der Waals surface area contributed by atoms with Gasteiger partial charge in [-0.3, -0.25) is 9.80 Å². The summed E-state index contributed by atoms with van der Waals surface area (Å²) >= 11 is 12.8. The second-order valence-corrected chi connectivity index (χ2v) is 14.9. The van der Waals surface area contributed by atoms with Crippen LogP contribution in [0.1, 0.15) is 51.6 Å². The molecular weight excluding hydrogens is 769 g/mol. The summed E-state index contributed by atoms with van der Waals surface area (Å²) in [5.74, 6) is 1.40. The Labute approximate surface area is 341 Å². The van der Waals surface area contributed by atoms with E-state index in [1.165, 1.54) is 26.6 Å². The Morgan fingerprint density at radius 3 is 2.25 bits per heavy atom. The Kier molecular flexibility index (Phi) is 12.7. The monoisotopic (exact) mass is 811 g/mol. The number of anilines is 1. The predicted molar refractivity (Wildman–Crippen MR) is 216 cm³/mol. The molecule has 2 bridgehead atoms. The molecule has 0 saturated carbocycles. The number of methoxy groups -OCH3 is 2. The van der Waals surface area contributed by atoms with Crippen LogP contribution in [0.4, 0.5) is 10.5 Å². The van der Waals surface area contributed by atoms with E-state index in [1.54, 1.807) is 41.3 Å². The van der Waals surface area contributed by atoms with Gasteiger partial charge in [0, 0.05) is 24.2 Å². The fourth-order valence-electron chi connectivity index (χ4n) is 7.32. The number of fused-ring (bicyclic) bond motifs is 3. The first-order valence-corrected chi connectivity index (χ1v) is 19.5. The molecule has 13 heteroatoms. The van der Waals surface area contributed by atoms with Gasteiger partial charge in [0.2, 0.25) is 0 Å². The standard InChI is InChI=1S/C44H43Cl2N3O8/c1-53-39-16-13-32(22-41(39)54-2)40(23-36-37(45)25-48(52)26-38(36)46)56-43(50)33-8-6-7-30(21-33)28-55-35-14-11-29(12-15-35)24-49(34-9-4-3-5-10-34)44(51)57-42-27-47-19-17-31(42)18-20-47/h3-16,21-22,25-26,31,40,42H,17-20,23-24,27-28H2,1-2H3/t40?,42-/m0/s1. The molecule has 3 aliphatic rings. The molecule has 296 valence electrons. The van der Waals surface area contributed by atoms with Crippen molar-refractivity contribution in [1.82, 2.24) is 4.90 Å². The summed E-state index contributed by atoms with van der Waals surface area (Å²) in [5, 5.41) is 12.2. The molecule has 0 radical (unpaired) electrons. The summed E-state index contributed by atoms with van der Waals surface area (Å²) in [6, 6.07) is 29.3. The molecule has 2 atom stereocenters. The average Bonchev–Trinajstić information content (AvgIpc) is 3.23. The normalized spacial score (nSPS) is 17.6. The van der Waals surface area contributed by atoms with Crippen molar-refractivity contribution in [3.8, 4) is 17.2 Å². The maximum absolute atomic E-state index is 13.7. The van der Waals surface area contributed by atoms with Gasteiger partial charge in [0.15, 0.2) is 23.9 Å². The van der Waals surface area contributed by atoms with Crippen LogP contribution in [-0.4, -0.2) is 56.9 Å². The number of nitrogens with zero attached hydrogens (tertiary/aromatic N) is 3. The Hall–Kier alpha value is -5.49. The predicted octanol–water partition coefficient (Wildman–Crippen LogP) is 8.60. The second-order valence-electron chi connectivity index (χ2n) is 14.1. The van der Waals surface area contributed by atoms with E-state index in [0.717, 1.165) is 49.3 Å². The molecule has 3 saturated heterocycles. The molecular formula is C44H43Cl2N3O8. The molecule has 3 aliphatic heterocycles. The van der Waals surface area contributed by atoms with Crippen molar-refractivity contribution in [2.24, 2.45) is 5.92 Å². The molecule has 1 amide bonds. The number of para-hydroxylation sites is 1. The minimum Gasteiger partial charge on any atom is -0.619 e. The smallest absolute Gasteiger partial charge is 0.414 e. The van der Waals surface area contributed by atoms with Crippen LogP contribution in [0.15, 0.2) is 109 Å². The zero-order valence-corrected chi connectivity index (χ0v) is 33.2. The van der Waals surface area contributed by atoms with Crippen LogP contribution in [0.3, 0.4) is 0 Å². The fraction of sp³-hybridized carbons (Fsp3) is 0.295. The van der Waals surface area contributed by atoms with Crippen molar-refractivity contribution in [3.63, 3.8) is 0 Å². The number of piperidine rings is 3. The van der Waals surface area contributed by atoms with Gasteiger partial charge >= 0.3 is 12.1 Å². The molecule has 4 heterocycles. The number of halogens is 2. The lowest BCUT2D eigenvalue weighted by Crippen LogP contribution is -2.53. The molecule has 1 unspecified atom stereocenters. The van der Waals surface area contributed by atoms with Crippen LogP contribution >= 0.6 is 23.2 Å². The molecule has 0 N–H and O–H groups in total. The molecule has 4 aromatic carbocycles. The summed E-state index contributed by atoms with van der Waals surface area (Å²) in [4.78, 5) is 31.3. The zero-order valence-electron chi connectivity index (χ0n) is 31.6. The first-order valence-electron chi connectivity index (χ1n) is 18.7. The van der Waals surface area contributed by atoms with Crippen LogP contribution in [0.25, 0.3) is 0 Å². The lowest BCUT2D eigenvalue weighted by Gasteiger charge is -2.44. The molecule has 11 nitrogen and oxygen atoms in total. The Morgan fingerprint density at radius 2 is 1.58 bits per heavy atom. The largest absolute Gasteiger partial charge is 0.619 e. The topological polar surface area (TPSA) is 114 Å². The number of benzene rings is 4. The highest BCUT2D eigenvalue weighted by Crippen LogP contribution is 2.36. The quantitative estimate of drug-likeness (QED) is 0.0618.